The van der Waals surface area contributed by atoms with Crippen LogP contribution in [0.1, 0.15) is 64.1 Å². The SMILES string of the molecule is CCOC1(c2noc(CCCC(C)N)n2)CCCC1. The number of nitrogens with zero attached hydrogens (tertiary/aromatic N) is 2. The zero-order valence-corrected chi connectivity index (χ0v) is 12.0. The summed E-state index contributed by atoms with van der Waals surface area (Å²) >= 11 is 0. The van der Waals surface area contributed by atoms with E-state index in [0.29, 0.717) is 12.5 Å². The molecule has 0 radical (unpaired) electrons. The summed E-state index contributed by atoms with van der Waals surface area (Å²) in [6.45, 7) is 4.72. The Morgan fingerprint density at radius 3 is 2.79 bits per heavy atom. The van der Waals surface area contributed by atoms with Gasteiger partial charge >= 0.3 is 0 Å². The highest BCUT2D eigenvalue weighted by Crippen LogP contribution is 2.40. The van der Waals surface area contributed by atoms with E-state index < -0.39 is 0 Å². The largest absolute Gasteiger partial charge is 0.367 e. The van der Waals surface area contributed by atoms with Gasteiger partial charge in [0.05, 0.1) is 0 Å². The lowest BCUT2D eigenvalue weighted by Gasteiger charge is -2.24. The van der Waals surface area contributed by atoms with E-state index in [-0.39, 0.29) is 11.6 Å². The molecule has 5 nitrogen and oxygen atoms in total. The topological polar surface area (TPSA) is 74.2 Å². The Morgan fingerprint density at radius 1 is 1.42 bits per heavy atom. The van der Waals surface area contributed by atoms with E-state index in [4.69, 9.17) is 15.0 Å². The molecule has 1 unspecified atom stereocenters. The summed E-state index contributed by atoms with van der Waals surface area (Å²) in [6, 6.07) is 0.229. The van der Waals surface area contributed by atoms with Gasteiger partial charge in [0.2, 0.25) is 11.7 Å². The highest BCUT2D eigenvalue weighted by atomic mass is 16.5. The van der Waals surface area contributed by atoms with Crippen molar-refractivity contribution in [3.63, 3.8) is 0 Å². The fourth-order valence-electron chi connectivity index (χ4n) is 2.77. The first-order valence-electron chi connectivity index (χ1n) is 7.39. The van der Waals surface area contributed by atoms with E-state index >= 15 is 0 Å². The molecule has 1 fully saturated rings. The Bertz CT molecular complexity index is 384. The van der Waals surface area contributed by atoms with Crippen LogP contribution >= 0.6 is 0 Å². The number of hydrogen-bond acceptors (Lipinski definition) is 5. The smallest absolute Gasteiger partial charge is 0.226 e. The minimum absolute atomic E-state index is 0.229. The van der Waals surface area contributed by atoms with Crippen molar-refractivity contribution in [2.45, 2.75) is 70.4 Å². The molecule has 2 rings (SSSR count). The second-order valence-electron chi connectivity index (χ2n) is 5.52. The van der Waals surface area contributed by atoms with Gasteiger partial charge in [-0.25, -0.2) is 0 Å². The summed E-state index contributed by atoms with van der Waals surface area (Å²) in [4.78, 5) is 4.54. The Kier molecular flexibility index (Phi) is 4.93. The Hall–Kier alpha value is -0.940. The quantitative estimate of drug-likeness (QED) is 0.821. The Labute approximate surface area is 114 Å². The van der Waals surface area contributed by atoms with Crippen molar-refractivity contribution >= 4 is 0 Å². The van der Waals surface area contributed by atoms with Gasteiger partial charge in [-0.1, -0.05) is 5.16 Å². The number of nitrogens with two attached hydrogens (primary N) is 1. The molecule has 1 aromatic heterocycles. The summed E-state index contributed by atoms with van der Waals surface area (Å²) < 4.78 is 11.3. The minimum Gasteiger partial charge on any atom is -0.367 e. The predicted molar refractivity (Wildman–Crippen MR) is 72.7 cm³/mol. The van der Waals surface area contributed by atoms with E-state index in [0.717, 1.165) is 37.9 Å². The summed E-state index contributed by atoms with van der Waals surface area (Å²) in [5.74, 6) is 1.45. The lowest BCUT2D eigenvalue weighted by Crippen LogP contribution is -2.27. The van der Waals surface area contributed by atoms with Crippen molar-refractivity contribution in [1.82, 2.24) is 10.1 Å². The van der Waals surface area contributed by atoms with Crippen molar-refractivity contribution in [3.05, 3.63) is 11.7 Å². The monoisotopic (exact) mass is 267 g/mol. The molecule has 108 valence electrons. The molecule has 1 aromatic rings. The van der Waals surface area contributed by atoms with Gasteiger partial charge in [-0.3, -0.25) is 0 Å². The molecule has 0 aromatic carbocycles. The van der Waals surface area contributed by atoms with Crippen LogP contribution in [-0.4, -0.2) is 22.8 Å². The molecule has 5 heteroatoms. The van der Waals surface area contributed by atoms with E-state index in [1.54, 1.807) is 0 Å². The maximum absolute atomic E-state index is 5.93. The van der Waals surface area contributed by atoms with Gasteiger partial charge in [-0.15, -0.1) is 0 Å². The van der Waals surface area contributed by atoms with E-state index in [9.17, 15) is 0 Å². The third-order valence-electron chi connectivity index (χ3n) is 3.76. The highest BCUT2D eigenvalue weighted by Gasteiger charge is 2.40. The van der Waals surface area contributed by atoms with Crippen molar-refractivity contribution < 1.29 is 9.26 Å². The maximum atomic E-state index is 5.93. The second kappa shape index (κ2) is 6.48. The summed E-state index contributed by atoms with van der Waals surface area (Å²) in [5, 5.41) is 4.14. The number of rotatable bonds is 7. The molecule has 0 amide bonds. The highest BCUT2D eigenvalue weighted by molar-refractivity contribution is 5.04. The third-order valence-corrected chi connectivity index (χ3v) is 3.76. The van der Waals surface area contributed by atoms with Crippen molar-refractivity contribution in [1.29, 1.82) is 0 Å². The van der Waals surface area contributed by atoms with Gasteiger partial charge in [0.25, 0.3) is 0 Å². The van der Waals surface area contributed by atoms with Crippen LogP contribution in [0.2, 0.25) is 0 Å². The molecule has 0 saturated heterocycles. The normalized spacial score (nSPS) is 19.7. The predicted octanol–water partition coefficient (Wildman–Crippen LogP) is 2.55. The van der Waals surface area contributed by atoms with Crippen LogP contribution in [0.3, 0.4) is 0 Å². The zero-order chi connectivity index (χ0) is 13.7. The molecule has 1 heterocycles. The minimum atomic E-state index is -0.294. The average molecular weight is 267 g/mol. The molecule has 1 atom stereocenters. The van der Waals surface area contributed by atoms with Gasteiger partial charge in [0.1, 0.15) is 5.60 Å². The van der Waals surface area contributed by atoms with Crippen LogP contribution in [-0.2, 0) is 16.8 Å². The molecule has 1 saturated carbocycles. The van der Waals surface area contributed by atoms with Crippen LogP contribution < -0.4 is 5.73 Å². The average Bonchev–Trinajstić information content (AvgIpc) is 2.98. The van der Waals surface area contributed by atoms with E-state index in [1.807, 2.05) is 13.8 Å². The first kappa shape index (κ1) is 14.5. The zero-order valence-electron chi connectivity index (χ0n) is 12.0. The Morgan fingerprint density at radius 2 is 2.16 bits per heavy atom. The van der Waals surface area contributed by atoms with Gasteiger partial charge in [-0.2, -0.15) is 4.98 Å². The first-order chi connectivity index (χ1) is 9.16. The molecule has 0 spiro atoms. The molecule has 1 aliphatic rings. The van der Waals surface area contributed by atoms with Crippen molar-refractivity contribution in [3.8, 4) is 0 Å². The Balaban J connectivity index is 1.98. The maximum Gasteiger partial charge on any atom is 0.226 e. The number of aryl methyl sites for hydroxylation is 1. The van der Waals surface area contributed by atoms with Crippen molar-refractivity contribution in [2.24, 2.45) is 5.73 Å². The lowest BCUT2D eigenvalue weighted by molar-refractivity contribution is -0.0469. The molecule has 1 aliphatic carbocycles. The summed E-state index contributed by atoms with van der Waals surface area (Å²) in [7, 11) is 0. The first-order valence-corrected chi connectivity index (χ1v) is 7.39. The molecule has 0 aliphatic heterocycles. The van der Waals surface area contributed by atoms with Crippen LogP contribution in [0.15, 0.2) is 4.52 Å². The number of ether oxygens (including phenoxy) is 1. The molecule has 2 N–H and O–H groups in total. The summed E-state index contributed by atoms with van der Waals surface area (Å²) in [5.41, 5.74) is 5.44. The van der Waals surface area contributed by atoms with Crippen LogP contribution in [0, 0.1) is 0 Å². The van der Waals surface area contributed by atoms with E-state index in [2.05, 4.69) is 10.1 Å². The fourth-order valence-corrected chi connectivity index (χ4v) is 2.77. The van der Waals surface area contributed by atoms with E-state index in [1.165, 1.54) is 12.8 Å². The van der Waals surface area contributed by atoms with Gasteiger partial charge in [0, 0.05) is 19.1 Å². The van der Waals surface area contributed by atoms with Crippen LogP contribution in [0.25, 0.3) is 0 Å². The molecule has 19 heavy (non-hydrogen) atoms. The molecule has 0 bridgehead atoms. The van der Waals surface area contributed by atoms with Crippen molar-refractivity contribution in [2.75, 3.05) is 6.61 Å². The second-order valence-corrected chi connectivity index (χ2v) is 5.52. The van der Waals surface area contributed by atoms with Gasteiger partial charge < -0.3 is 15.0 Å². The van der Waals surface area contributed by atoms with Gasteiger partial charge in [-0.05, 0) is 52.4 Å². The third kappa shape index (κ3) is 3.54. The number of aromatic nitrogens is 2. The number of hydrogen-bond donors (Lipinski definition) is 1. The van der Waals surface area contributed by atoms with Crippen LogP contribution in [0.5, 0.6) is 0 Å². The fraction of sp³-hybridized carbons (Fsp3) is 0.857. The lowest BCUT2D eigenvalue weighted by atomic mass is 10.0. The standard InChI is InChI=1S/C14H25N3O2/c1-3-18-14(9-4-5-10-14)13-16-12(19-17-13)8-6-7-11(2)15/h11H,3-10,15H2,1-2H3. The van der Waals surface area contributed by atoms with Gasteiger partial charge in [0.15, 0.2) is 0 Å². The van der Waals surface area contributed by atoms with Crippen LogP contribution in [0.4, 0.5) is 0 Å². The summed E-state index contributed by atoms with van der Waals surface area (Å²) in [6.07, 6.45) is 7.12. The molecular formula is C14H25N3O2. The molecular weight excluding hydrogens is 242 g/mol.